The molecule has 1 amide bonds. The first-order valence-electron chi connectivity index (χ1n) is 8.20. The number of rotatable bonds is 8. The van der Waals surface area contributed by atoms with Gasteiger partial charge in [0.15, 0.2) is 17.1 Å². The fraction of sp³-hybridized carbons (Fsp3) is 0.125. The number of hydrazone groups is 1. The molecule has 0 aliphatic rings. The fourth-order valence-electron chi connectivity index (χ4n) is 2.28. The molecule has 3 unspecified atom stereocenters. The Bertz CT molecular complexity index is 871. The zero-order valence-corrected chi connectivity index (χ0v) is 15.2. The van der Waals surface area contributed by atoms with Crippen molar-refractivity contribution in [2.45, 2.75) is 13.3 Å². The summed E-state index contributed by atoms with van der Waals surface area (Å²) in [7, 11) is 0. The number of hydrogen-bond donors (Lipinski definition) is 8. The summed E-state index contributed by atoms with van der Waals surface area (Å²) in [5.74, 6) is -0.407. The van der Waals surface area contributed by atoms with Crippen LogP contribution < -0.4 is 26.4 Å². The van der Waals surface area contributed by atoms with Gasteiger partial charge in [0.1, 0.15) is 5.69 Å². The lowest BCUT2D eigenvalue weighted by atomic mass is 10.2. The number of benzene rings is 2. The Balaban J connectivity index is 2.00. The second-order valence-corrected chi connectivity index (χ2v) is 5.94. The van der Waals surface area contributed by atoms with Gasteiger partial charge in [-0.05, 0) is 25.1 Å². The number of hydrogen-bond acceptors (Lipinski definition) is 9. The minimum absolute atomic E-state index is 0.0755. The highest BCUT2D eigenvalue weighted by molar-refractivity contribution is 6.05. The first-order chi connectivity index (χ1) is 13.7. The van der Waals surface area contributed by atoms with E-state index >= 15 is 0 Å². The van der Waals surface area contributed by atoms with Crippen LogP contribution in [0.4, 0.5) is 28.4 Å². The predicted octanol–water partition coefficient (Wildman–Crippen LogP) is -1.29. The lowest BCUT2D eigenvalue weighted by Crippen LogP contribution is -3.00. The van der Waals surface area contributed by atoms with E-state index < -0.39 is 21.6 Å². The number of anilines is 2. The van der Waals surface area contributed by atoms with Gasteiger partial charge in [-0.3, -0.25) is 10.2 Å². The minimum atomic E-state index is -1.33. The van der Waals surface area contributed by atoms with Crippen molar-refractivity contribution in [1.82, 2.24) is 0 Å². The van der Waals surface area contributed by atoms with Crippen LogP contribution in [0.3, 0.4) is 0 Å². The van der Waals surface area contributed by atoms with Gasteiger partial charge in [0.25, 0.3) is 0 Å². The van der Waals surface area contributed by atoms with Gasteiger partial charge >= 0.3 is 0 Å². The average Bonchev–Trinajstić information content (AvgIpc) is 2.66. The number of carbonyl (C=O) groups is 1. The normalized spacial score (nSPS) is 14.8. The Kier molecular flexibility index (Phi) is 7.68. The van der Waals surface area contributed by atoms with Crippen molar-refractivity contribution in [1.29, 1.82) is 0 Å². The molecule has 156 valence electrons. The summed E-state index contributed by atoms with van der Waals surface area (Å²) in [6.45, 7) is 1.55. The molecule has 0 spiro atoms. The second kappa shape index (κ2) is 9.99. The van der Waals surface area contributed by atoms with Crippen LogP contribution in [-0.4, -0.2) is 27.2 Å². The monoisotopic (exact) mass is 408 g/mol. The summed E-state index contributed by atoms with van der Waals surface area (Å²) in [6, 6.07) is 9.13. The quantitative estimate of drug-likeness (QED) is 0.195. The zero-order valence-electron chi connectivity index (χ0n) is 15.2. The first kappa shape index (κ1) is 22.3. The Labute approximate surface area is 164 Å². The van der Waals surface area contributed by atoms with E-state index in [1.165, 1.54) is 36.4 Å². The van der Waals surface area contributed by atoms with Crippen LogP contribution in [-0.2, 0) is 4.79 Å². The first-order valence-corrected chi connectivity index (χ1v) is 8.20. The standard InChI is InChI=1S/C16H20N6O7/c1-10(8-16(23)17-11-2-4-12(5-3-11)20(24)25)18-19-14-7-6-13(21(26)27)9-15(14)22(28)29/h2-7,9,19-22,24,26,28H,8H2,1H3,(H,17,23)/b18-10-. The summed E-state index contributed by atoms with van der Waals surface area (Å²) >= 11 is 0. The third-order valence-electron chi connectivity index (χ3n) is 3.70. The van der Waals surface area contributed by atoms with Crippen molar-refractivity contribution in [2.75, 3.05) is 10.7 Å². The van der Waals surface area contributed by atoms with E-state index in [-0.39, 0.29) is 29.2 Å². The molecule has 0 radical (unpaired) electrons. The molecule has 0 saturated heterocycles. The van der Waals surface area contributed by atoms with E-state index in [9.17, 15) is 25.6 Å². The van der Waals surface area contributed by atoms with Crippen molar-refractivity contribution in [3.63, 3.8) is 0 Å². The number of nitrogens with zero attached hydrogens (tertiary/aromatic N) is 1. The van der Waals surface area contributed by atoms with E-state index in [4.69, 9.17) is 10.4 Å². The molecule has 0 saturated carbocycles. The van der Waals surface area contributed by atoms with Crippen LogP contribution in [0.25, 0.3) is 0 Å². The van der Waals surface area contributed by atoms with Gasteiger partial charge in [-0.15, -0.1) is 0 Å². The largest absolute Gasteiger partial charge is 0.595 e. The van der Waals surface area contributed by atoms with Gasteiger partial charge in [-0.25, -0.2) is 15.6 Å². The molecule has 13 nitrogen and oxygen atoms in total. The molecule has 29 heavy (non-hydrogen) atoms. The van der Waals surface area contributed by atoms with Gasteiger partial charge < -0.3 is 20.9 Å². The smallest absolute Gasteiger partial charge is 0.230 e. The van der Waals surface area contributed by atoms with Crippen molar-refractivity contribution < 1.29 is 36.1 Å². The SMILES string of the molecule is C/C(CC(=O)Nc1ccc([NH+]([O-])O)cc1)=N/Nc1ccc([NH+]([O-])O)cc1[NH+]([O-])O. The maximum atomic E-state index is 12.1. The molecule has 2 rings (SSSR count). The van der Waals surface area contributed by atoms with Crippen LogP contribution in [0.1, 0.15) is 13.3 Å². The molecule has 0 aromatic heterocycles. The number of nitrogens with one attached hydrogen (secondary N) is 5. The summed E-state index contributed by atoms with van der Waals surface area (Å²) in [6.07, 6.45) is -0.108. The van der Waals surface area contributed by atoms with Gasteiger partial charge in [0, 0.05) is 29.6 Å². The highest BCUT2D eigenvalue weighted by Crippen LogP contribution is 2.20. The van der Waals surface area contributed by atoms with E-state index in [1.807, 2.05) is 0 Å². The highest BCUT2D eigenvalue weighted by Gasteiger charge is 2.14. The lowest BCUT2D eigenvalue weighted by Gasteiger charge is -2.18. The van der Waals surface area contributed by atoms with Crippen LogP contribution in [0, 0.1) is 15.6 Å². The maximum absolute atomic E-state index is 12.1. The zero-order chi connectivity index (χ0) is 21.6. The molecular formula is C16H20N6O7. The molecule has 13 heteroatoms. The van der Waals surface area contributed by atoms with Crippen molar-refractivity contribution in [3.05, 3.63) is 58.1 Å². The molecule has 2 aromatic carbocycles. The molecule has 2 aromatic rings. The molecule has 0 aliphatic carbocycles. The van der Waals surface area contributed by atoms with Crippen molar-refractivity contribution >= 4 is 40.1 Å². The maximum Gasteiger partial charge on any atom is 0.230 e. The van der Waals surface area contributed by atoms with Crippen LogP contribution in [0.2, 0.25) is 0 Å². The number of quaternary nitrogens is 3. The van der Waals surface area contributed by atoms with Gasteiger partial charge in [0.05, 0.1) is 12.5 Å². The van der Waals surface area contributed by atoms with Crippen molar-refractivity contribution in [2.24, 2.45) is 5.10 Å². The third-order valence-corrected chi connectivity index (χ3v) is 3.70. The minimum Gasteiger partial charge on any atom is -0.595 e. The third kappa shape index (κ3) is 6.54. The second-order valence-electron chi connectivity index (χ2n) is 5.94. The summed E-state index contributed by atoms with van der Waals surface area (Å²) in [5.41, 5.74) is 2.98. The van der Waals surface area contributed by atoms with E-state index in [2.05, 4.69) is 15.8 Å². The molecule has 0 aliphatic heterocycles. The van der Waals surface area contributed by atoms with Crippen molar-refractivity contribution in [3.8, 4) is 0 Å². The van der Waals surface area contributed by atoms with Crippen LogP contribution in [0.15, 0.2) is 47.6 Å². The molecule has 0 bridgehead atoms. The molecule has 0 heterocycles. The Morgan fingerprint density at radius 1 is 0.966 bits per heavy atom. The van der Waals surface area contributed by atoms with Gasteiger partial charge in [-0.2, -0.15) is 20.8 Å². The fourth-order valence-corrected chi connectivity index (χ4v) is 2.28. The molecule has 3 atom stereocenters. The van der Waals surface area contributed by atoms with E-state index in [0.29, 0.717) is 11.4 Å². The lowest BCUT2D eigenvalue weighted by molar-refractivity contribution is -0.996. The number of amides is 1. The molecule has 8 N–H and O–H groups in total. The van der Waals surface area contributed by atoms with Gasteiger partial charge in [0.2, 0.25) is 5.91 Å². The summed E-state index contributed by atoms with van der Waals surface area (Å²) in [5, 5.41) is 63.0. The Hall–Kier alpha value is -2.98. The summed E-state index contributed by atoms with van der Waals surface area (Å²) < 4.78 is 0. The summed E-state index contributed by atoms with van der Waals surface area (Å²) in [4.78, 5) is 12.1. The van der Waals surface area contributed by atoms with Gasteiger partial charge in [-0.1, -0.05) is 0 Å². The van der Waals surface area contributed by atoms with E-state index in [0.717, 1.165) is 6.07 Å². The van der Waals surface area contributed by atoms with Crippen LogP contribution in [0.5, 0.6) is 0 Å². The molecule has 0 fully saturated rings. The number of carbonyl (C=O) groups excluding carboxylic acids is 1. The highest BCUT2D eigenvalue weighted by atomic mass is 16.8. The predicted molar refractivity (Wildman–Crippen MR) is 100 cm³/mol. The van der Waals surface area contributed by atoms with Crippen LogP contribution >= 0.6 is 0 Å². The average molecular weight is 408 g/mol. The molecular weight excluding hydrogens is 388 g/mol. The topological polar surface area (TPSA) is 197 Å². The van der Waals surface area contributed by atoms with E-state index in [1.54, 1.807) is 6.92 Å². The Morgan fingerprint density at radius 3 is 2.10 bits per heavy atom. The Morgan fingerprint density at radius 2 is 1.55 bits per heavy atom.